The van der Waals surface area contributed by atoms with Gasteiger partial charge in [-0.25, -0.2) is 4.79 Å². The Morgan fingerprint density at radius 2 is 1.76 bits per heavy atom. The van der Waals surface area contributed by atoms with E-state index in [2.05, 4.69) is 32.7 Å². The van der Waals surface area contributed by atoms with Gasteiger partial charge in [0.05, 0.1) is 0 Å². The van der Waals surface area contributed by atoms with E-state index in [-0.39, 0.29) is 12.1 Å². The van der Waals surface area contributed by atoms with E-state index >= 15 is 0 Å². The lowest BCUT2D eigenvalue weighted by Gasteiger charge is -2.32. The highest BCUT2D eigenvalue weighted by atomic mass is 35.5. The molecule has 0 spiro atoms. The normalized spacial score (nSPS) is 15.7. The van der Waals surface area contributed by atoms with Crippen LogP contribution in [-0.2, 0) is 13.1 Å². The monoisotopic (exact) mass is 358 g/mol. The number of carbonyl (C=O) groups excluding carboxylic acids is 1. The highest BCUT2D eigenvalue weighted by Crippen LogP contribution is 2.15. The third-order valence-corrected chi connectivity index (χ3v) is 4.70. The van der Waals surface area contributed by atoms with Crippen LogP contribution in [-0.4, -0.2) is 35.0 Å². The molecule has 0 aliphatic carbocycles. The quantitative estimate of drug-likeness (QED) is 0.863. The number of benzene rings is 1. The zero-order valence-electron chi connectivity index (χ0n) is 14.1. The number of nitrogens with zero attached hydrogens (tertiary/aromatic N) is 2. The van der Waals surface area contributed by atoms with Crippen LogP contribution in [0.4, 0.5) is 4.79 Å². The Morgan fingerprint density at radius 1 is 1.08 bits per heavy atom. The van der Waals surface area contributed by atoms with E-state index in [0.29, 0.717) is 6.54 Å². The second-order valence-electron chi connectivity index (χ2n) is 6.36. The summed E-state index contributed by atoms with van der Waals surface area (Å²) in [6.45, 7) is 3.41. The van der Waals surface area contributed by atoms with Gasteiger partial charge in [0.15, 0.2) is 0 Å². The first kappa shape index (κ1) is 17.7. The average Bonchev–Trinajstić information content (AvgIpc) is 2.64. The number of hydrogen-bond donors (Lipinski definition) is 2. The van der Waals surface area contributed by atoms with Crippen LogP contribution in [0.15, 0.2) is 48.8 Å². The fourth-order valence-electron chi connectivity index (χ4n) is 3.00. The molecule has 0 radical (unpaired) electrons. The SMILES string of the molecule is O=C(NCc1ccncc1)NC1CCN(Cc2ccc(Cl)cc2)CC1. The standard InChI is InChI=1S/C19H23ClN4O/c20-17-3-1-16(2-4-17)14-24-11-7-18(8-12-24)23-19(25)22-13-15-5-9-21-10-6-15/h1-6,9-10,18H,7-8,11-14H2,(H2,22,23,25). The fourth-order valence-corrected chi connectivity index (χ4v) is 3.13. The second kappa shape index (κ2) is 8.83. The second-order valence-corrected chi connectivity index (χ2v) is 6.80. The number of pyridine rings is 1. The summed E-state index contributed by atoms with van der Waals surface area (Å²) in [6.07, 6.45) is 5.39. The average molecular weight is 359 g/mol. The van der Waals surface area contributed by atoms with Gasteiger partial charge in [0.1, 0.15) is 0 Å². The fraction of sp³-hybridized carbons (Fsp3) is 0.368. The summed E-state index contributed by atoms with van der Waals surface area (Å²) in [5.74, 6) is 0. The predicted molar refractivity (Wildman–Crippen MR) is 99.4 cm³/mol. The summed E-state index contributed by atoms with van der Waals surface area (Å²) in [5.41, 5.74) is 2.31. The van der Waals surface area contributed by atoms with Crippen molar-refractivity contribution in [3.63, 3.8) is 0 Å². The van der Waals surface area contributed by atoms with Crippen molar-refractivity contribution >= 4 is 17.6 Å². The van der Waals surface area contributed by atoms with Gasteiger partial charge in [-0.2, -0.15) is 0 Å². The van der Waals surface area contributed by atoms with Crippen molar-refractivity contribution in [2.45, 2.75) is 32.0 Å². The minimum atomic E-state index is -0.104. The first-order valence-corrected chi connectivity index (χ1v) is 8.97. The Bertz CT molecular complexity index is 670. The van der Waals surface area contributed by atoms with Gasteiger partial charge in [0, 0.05) is 49.6 Å². The molecule has 1 aromatic heterocycles. The van der Waals surface area contributed by atoms with Crippen molar-refractivity contribution in [3.05, 3.63) is 64.9 Å². The Labute approximate surface area is 153 Å². The highest BCUT2D eigenvalue weighted by molar-refractivity contribution is 6.30. The van der Waals surface area contributed by atoms with E-state index in [1.54, 1.807) is 12.4 Å². The molecule has 132 valence electrons. The number of urea groups is 1. The molecule has 2 amide bonds. The topological polar surface area (TPSA) is 57.3 Å². The molecule has 0 atom stereocenters. The third-order valence-electron chi connectivity index (χ3n) is 4.44. The lowest BCUT2D eigenvalue weighted by molar-refractivity contribution is 0.186. The molecule has 25 heavy (non-hydrogen) atoms. The Balaban J connectivity index is 1.37. The van der Waals surface area contributed by atoms with Gasteiger partial charge in [-0.3, -0.25) is 9.88 Å². The van der Waals surface area contributed by atoms with Crippen LogP contribution >= 0.6 is 11.6 Å². The molecule has 0 saturated carbocycles. The largest absolute Gasteiger partial charge is 0.335 e. The lowest BCUT2D eigenvalue weighted by atomic mass is 10.0. The van der Waals surface area contributed by atoms with Crippen LogP contribution < -0.4 is 10.6 Å². The first-order valence-electron chi connectivity index (χ1n) is 8.59. The molecule has 2 aromatic rings. The van der Waals surface area contributed by atoms with E-state index in [0.717, 1.165) is 43.1 Å². The van der Waals surface area contributed by atoms with Crippen LogP contribution in [0.5, 0.6) is 0 Å². The zero-order valence-corrected chi connectivity index (χ0v) is 14.9. The van der Waals surface area contributed by atoms with Gasteiger partial charge in [-0.05, 0) is 48.2 Å². The van der Waals surface area contributed by atoms with Crippen LogP contribution in [0.3, 0.4) is 0 Å². The highest BCUT2D eigenvalue weighted by Gasteiger charge is 2.20. The number of aromatic nitrogens is 1. The smallest absolute Gasteiger partial charge is 0.315 e. The molecule has 2 N–H and O–H groups in total. The van der Waals surface area contributed by atoms with E-state index in [9.17, 15) is 4.79 Å². The molecule has 1 fully saturated rings. The summed E-state index contributed by atoms with van der Waals surface area (Å²) in [4.78, 5) is 18.4. The molecule has 5 nitrogen and oxygen atoms in total. The van der Waals surface area contributed by atoms with Crippen molar-refractivity contribution < 1.29 is 4.79 Å². The van der Waals surface area contributed by atoms with Gasteiger partial charge < -0.3 is 10.6 Å². The summed E-state index contributed by atoms with van der Waals surface area (Å²) in [6, 6.07) is 11.9. The van der Waals surface area contributed by atoms with Gasteiger partial charge in [-0.15, -0.1) is 0 Å². The molecule has 1 aliphatic heterocycles. The predicted octanol–water partition coefficient (Wildman–Crippen LogP) is 3.20. The first-order chi connectivity index (χ1) is 12.2. The minimum Gasteiger partial charge on any atom is -0.335 e. The number of rotatable bonds is 5. The molecular weight excluding hydrogens is 336 g/mol. The van der Waals surface area contributed by atoms with E-state index in [4.69, 9.17) is 11.6 Å². The van der Waals surface area contributed by atoms with Crippen LogP contribution in [0, 0.1) is 0 Å². The molecule has 2 heterocycles. The molecule has 1 saturated heterocycles. The summed E-state index contributed by atoms with van der Waals surface area (Å²) in [5, 5.41) is 6.74. The maximum absolute atomic E-state index is 12.0. The molecular formula is C19H23ClN4O. The van der Waals surface area contributed by atoms with Crippen LogP contribution in [0.1, 0.15) is 24.0 Å². The van der Waals surface area contributed by atoms with Gasteiger partial charge in [0.2, 0.25) is 0 Å². The van der Waals surface area contributed by atoms with Crippen molar-refractivity contribution in [2.24, 2.45) is 0 Å². The summed E-state index contributed by atoms with van der Waals surface area (Å²) < 4.78 is 0. The number of likely N-dealkylation sites (tertiary alicyclic amines) is 1. The molecule has 0 unspecified atom stereocenters. The third kappa shape index (κ3) is 5.73. The van der Waals surface area contributed by atoms with Gasteiger partial charge in [0.25, 0.3) is 0 Å². The van der Waals surface area contributed by atoms with E-state index < -0.39 is 0 Å². The Kier molecular flexibility index (Phi) is 6.25. The van der Waals surface area contributed by atoms with Crippen molar-refractivity contribution in [1.29, 1.82) is 0 Å². The number of hydrogen-bond acceptors (Lipinski definition) is 3. The zero-order chi connectivity index (χ0) is 17.5. The maximum atomic E-state index is 12.0. The number of amides is 2. The molecule has 3 rings (SSSR count). The van der Waals surface area contributed by atoms with Gasteiger partial charge >= 0.3 is 6.03 Å². The molecule has 0 bridgehead atoms. The number of carbonyl (C=O) groups is 1. The summed E-state index contributed by atoms with van der Waals surface area (Å²) >= 11 is 5.92. The minimum absolute atomic E-state index is 0.104. The Hall–Kier alpha value is -2.11. The molecule has 1 aromatic carbocycles. The molecule has 6 heteroatoms. The van der Waals surface area contributed by atoms with Gasteiger partial charge in [-0.1, -0.05) is 23.7 Å². The van der Waals surface area contributed by atoms with Crippen molar-refractivity contribution in [1.82, 2.24) is 20.5 Å². The molecule has 1 aliphatic rings. The van der Waals surface area contributed by atoms with Crippen LogP contribution in [0.25, 0.3) is 0 Å². The number of halogens is 1. The Morgan fingerprint density at radius 3 is 2.44 bits per heavy atom. The van der Waals surface area contributed by atoms with E-state index in [1.165, 1.54) is 5.56 Å². The summed E-state index contributed by atoms with van der Waals surface area (Å²) in [7, 11) is 0. The number of piperidine rings is 1. The van der Waals surface area contributed by atoms with Crippen molar-refractivity contribution in [3.8, 4) is 0 Å². The lowest BCUT2D eigenvalue weighted by Crippen LogP contribution is -2.47. The van der Waals surface area contributed by atoms with Crippen LogP contribution in [0.2, 0.25) is 5.02 Å². The van der Waals surface area contributed by atoms with Crippen molar-refractivity contribution in [2.75, 3.05) is 13.1 Å². The number of nitrogens with one attached hydrogen (secondary N) is 2. The van der Waals surface area contributed by atoms with E-state index in [1.807, 2.05) is 24.3 Å². The maximum Gasteiger partial charge on any atom is 0.315 e.